The van der Waals surface area contributed by atoms with Gasteiger partial charge >= 0.3 is 12.1 Å². The van der Waals surface area contributed by atoms with E-state index in [0.717, 1.165) is 11.7 Å². The minimum absolute atomic E-state index is 0.0413. The summed E-state index contributed by atoms with van der Waals surface area (Å²) in [7, 11) is 1.15. The van der Waals surface area contributed by atoms with Gasteiger partial charge in [-0.05, 0) is 19.1 Å². The molecule has 0 spiro atoms. The number of methoxy groups -OCH3 is 1. The fourth-order valence-corrected chi connectivity index (χ4v) is 2.35. The molecule has 8 heteroatoms. The number of halogens is 3. The monoisotopic (exact) mass is 311 g/mol. The molecule has 0 unspecified atom stereocenters. The number of esters is 1. The first-order chi connectivity index (χ1) is 10.2. The molecule has 5 nitrogen and oxygen atoms in total. The maximum atomic E-state index is 12.7. The van der Waals surface area contributed by atoms with Gasteiger partial charge in [-0.3, -0.25) is 0 Å². The summed E-state index contributed by atoms with van der Waals surface area (Å²) < 4.78 is 43.7. The number of hydrogen-bond donors (Lipinski definition) is 1. The highest BCUT2D eigenvalue weighted by atomic mass is 19.4. The molecular formula is C14H12F3N3O2. The van der Waals surface area contributed by atoms with Crippen molar-refractivity contribution in [1.82, 2.24) is 4.57 Å². The molecule has 0 bridgehead atoms. The minimum Gasteiger partial charge on any atom is -0.465 e. The van der Waals surface area contributed by atoms with Gasteiger partial charge in [-0.15, -0.1) is 0 Å². The van der Waals surface area contributed by atoms with Gasteiger partial charge in [-0.2, -0.15) is 18.4 Å². The van der Waals surface area contributed by atoms with E-state index in [1.807, 2.05) is 6.07 Å². The highest BCUT2D eigenvalue weighted by molar-refractivity contribution is 6.02. The molecule has 0 saturated heterocycles. The summed E-state index contributed by atoms with van der Waals surface area (Å²) in [5, 5.41) is 9.44. The number of hydrogen-bond acceptors (Lipinski definition) is 4. The average molecular weight is 311 g/mol. The van der Waals surface area contributed by atoms with Crippen LogP contribution in [0.1, 0.15) is 21.6 Å². The number of nitrogens with zero attached hydrogens (tertiary/aromatic N) is 2. The number of anilines is 1. The van der Waals surface area contributed by atoms with E-state index in [-0.39, 0.29) is 33.4 Å². The van der Waals surface area contributed by atoms with Crippen molar-refractivity contribution >= 4 is 22.6 Å². The molecule has 0 radical (unpaired) electrons. The van der Waals surface area contributed by atoms with E-state index >= 15 is 0 Å². The minimum atomic E-state index is -4.46. The van der Waals surface area contributed by atoms with Crippen LogP contribution in [0.25, 0.3) is 10.9 Å². The van der Waals surface area contributed by atoms with Crippen LogP contribution in [0.3, 0.4) is 0 Å². The number of rotatable bonds is 2. The molecule has 1 heterocycles. The third-order valence-electron chi connectivity index (χ3n) is 3.35. The molecule has 2 aromatic rings. The van der Waals surface area contributed by atoms with E-state index in [0.29, 0.717) is 0 Å². The van der Waals surface area contributed by atoms with E-state index < -0.39 is 18.7 Å². The molecule has 116 valence electrons. The van der Waals surface area contributed by atoms with Crippen LogP contribution in [0.5, 0.6) is 0 Å². The van der Waals surface area contributed by atoms with E-state index in [9.17, 15) is 18.0 Å². The van der Waals surface area contributed by atoms with E-state index in [2.05, 4.69) is 4.74 Å². The fraction of sp³-hybridized carbons (Fsp3) is 0.286. The highest BCUT2D eigenvalue weighted by Gasteiger charge is 2.31. The van der Waals surface area contributed by atoms with Gasteiger partial charge in [-0.1, -0.05) is 0 Å². The molecule has 1 aromatic carbocycles. The van der Waals surface area contributed by atoms with Crippen molar-refractivity contribution in [2.45, 2.75) is 19.6 Å². The lowest BCUT2D eigenvalue weighted by atomic mass is 10.1. The number of nitrogens with two attached hydrogens (primary N) is 1. The van der Waals surface area contributed by atoms with Crippen molar-refractivity contribution < 1.29 is 22.7 Å². The summed E-state index contributed by atoms with van der Waals surface area (Å²) in [4.78, 5) is 11.6. The molecule has 2 rings (SSSR count). The topological polar surface area (TPSA) is 81.0 Å². The second-order valence-electron chi connectivity index (χ2n) is 4.72. The quantitative estimate of drug-likeness (QED) is 0.683. The lowest BCUT2D eigenvalue weighted by molar-refractivity contribution is -0.140. The average Bonchev–Trinajstić information content (AvgIpc) is 2.67. The molecule has 0 aliphatic heterocycles. The maximum Gasteiger partial charge on any atom is 0.406 e. The van der Waals surface area contributed by atoms with Gasteiger partial charge in [0.25, 0.3) is 0 Å². The normalized spacial score (nSPS) is 11.5. The second kappa shape index (κ2) is 5.26. The van der Waals surface area contributed by atoms with Crippen LogP contribution >= 0.6 is 0 Å². The Bertz CT molecular complexity index is 800. The van der Waals surface area contributed by atoms with E-state index in [4.69, 9.17) is 11.0 Å². The first-order valence-corrected chi connectivity index (χ1v) is 6.17. The molecule has 1 aromatic heterocycles. The number of nitrogen functional groups attached to an aromatic ring is 1. The Morgan fingerprint density at radius 1 is 1.45 bits per heavy atom. The Balaban J connectivity index is 2.81. The van der Waals surface area contributed by atoms with Crippen molar-refractivity contribution in [2.75, 3.05) is 12.8 Å². The predicted molar refractivity (Wildman–Crippen MR) is 73.2 cm³/mol. The standard InChI is InChI=1S/C14H12F3N3O2/c1-7-10(5-18)8-3-11(19)9(13(21)22-2)4-12(8)20(7)6-14(15,16)17/h3-4H,6,19H2,1-2H3. The smallest absolute Gasteiger partial charge is 0.406 e. The molecule has 0 aliphatic rings. The predicted octanol–water partition coefficient (Wildman–Crippen LogP) is 2.75. The number of benzene rings is 1. The number of fused-ring (bicyclic) bond motifs is 1. The summed E-state index contributed by atoms with van der Waals surface area (Å²) in [5.41, 5.74) is 6.11. The van der Waals surface area contributed by atoms with Crippen molar-refractivity contribution in [3.8, 4) is 6.07 Å². The number of nitriles is 1. The van der Waals surface area contributed by atoms with Crippen LogP contribution in [-0.4, -0.2) is 23.8 Å². The van der Waals surface area contributed by atoms with Crippen molar-refractivity contribution in [2.24, 2.45) is 0 Å². The summed E-state index contributed by atoms with van der Waals surface area (Å²) in [6, 6.07) is 4.41. The zero-order chi connectivity index (χ0) is 16.7. The molecule has 0 amide bonds. The molecule has 0 saturated carbocycles. The molecule has 0 fully saturated rings. The van der Waals surface area contributed by atoms with Crippen molar-refractivity contribution in [3.05, 3.63) is 29.0 Å². The number of alkyl halides is 3. The van der Waals surface area contributed by atoms with Gasteiger partial charge in [0, 0.05) is 16.8 Å². The van der Waals surface area contributed by atoms with Crippen LogP contribution < -0.4 is 5.73 Å². The van der Waals surface area contributed by atoms with Gasteiger partial charge in [0.05, 0.1) is 23.8 Å². The molecule has 22 heavy (non-hydrogen) atoms. The van der Waals surface area contributed by atoms with E-state index in [1.54, 1.807) is 0 Å². The van der Waals surface area contributed by atoms with E-state index in [1.165, 1.54) is 19.1 Å². The van der Waals surface area contributed by atoms with Gasteiger partial charge < -0.3 is 15.0 Å². The molecular weight excluding hydrogens is 299 g/mol. The Morgan fingerprint density at radius 3 is 2.59 bits per heavy atom. The van der Waals surface area contributed by atoms with Crippen LogP contribution in [0, 0.1) is 18.3 Å². The molecule has 0 aliphatic carbocycles. The Morgan fingerprint density at radius 2 is 2.09 bits per heavy atom. The Labute approximate surface area is 123 Å². The number of ether oxygens (including phenoxy) is 1. The SMILES string of the molecule is COC(=O)c1cc2c(cc1N)c(C#N)c(C)n2CC(F)(F)F. The number of aromatic nitrogens is 1. The zero-order valence-electron chi connectivity index (χ0n) is 11.8. The number of carbonyl (C=O) groups is 1. The summed E-state index contributed by atoms with van der Waals surface area (Å²) >= 11 is 0. The largest absolute Gasteiger partial charge is 0.465 e. The van der Waals surface area contributed by atoms with Crippen molar-refractivity contribution in [3.63, 3.8) is 0 Å². The first kappa shape index (κ1) is 15.7. The van der Waals surface area contributed by atoms with Crippen LogP contribution in [0.2, 0.25) is 0 Å². The first-order valence-electron chi connectivity index (χ1n) is 6.17. The molecule has 0 atom stereocenters. The highest BCUT2D eigenvalue weighted by Crippen LogP contribution is 2.32. The Hall–Kier alpha value is -2.69. The Kier molecular flexibility index (Phi) is 3.75. The summed E-state index contributed by atoms with van der Waals surface area (Å²) in [6.07, 6.45) is -4.46. The lowest BCUT2D eigenvalue weighted by Gasteiger charge is -2.12. The second-order valence-corrected chi connectivity index (χ2v) is 4.72. The van der Waals surface area contributed by atoms with Gasteiger partial charge in [0.1, 0.15) is 12.6 Å². The van der Waals surface area contributed by atoms with Crippen LogP contribution in [0.4, 0.5) is 18.9 Å². The third-order valence-corrected chi connectivity index (χ3v) is 3.35. The van der Waals surface area contributed by atoms with Gasteiger partial charge in [0.2, 0.25) is 0 Å². The van der Waals surface area contributed by atoms with Gasteiger partial charge in [0.15, 0.2) is 0 Å². The van der Waals surface area contributed by atoms with Crippen LogP contribution in [-0.2, 0) is 11.3 Å². The zero-order valence-corrected chi connectivity index (χ0v) is 11.8. The summed E-state index contributed by atoms with van der Waals surface area (Å²) in [5.74, 6) is -0.754. The number of carbonyl (C=O) groups excluding carboxylic acids is 1. The fourth-order valence-electron chi connectivity index (χ4n) is 2.35. The molecule has 2 N–H and O–H groups in total. The van der Waals surface area contributed by atoms with Gasteiger partial charge in [-0.25, -0.2) is 4.79 Å². The lowest BCUT2D eigenvalue weighted by Crippen LogP contribution is -2.18. The van der Waals surface area contributed by atoms with Crippen molar-refractivity contribution in [1.29, 1.82) is 5.26 Å². The third kappa shape index (κ3) is 2.57. The van der Waals surface area contributed by atoms with Crippen LogP contribution in [0.15, 0.2) is 12.1 Å². The summed E-state index contributed by atoms with van der Waals surface area (Å²) in [6.45, 7) is 0.153. The maximum absolute atomic E-state index is 12.7.